The third-order valence-corrected chi connectivity index (χ3v) is 4.75. The molecule has 0 aromatic rings. The van der Waals surface area contributed by atoms with Crippen molar-refractivity contribution in [1.29, 1.82) is 0 Å². The summed E-state index contributed by atoms with van der Waals surface area (Å²) < 4.78 is 0. The zero-order valence-corrected chi connectivity index (χ0v) is 12.4. The van der Waals surface area contributed by atoms with Crippen LogP contribution in [0.15, 0.2) is 0 Å². The van der Waals surface area contributed by atoms with Gasteiger partial charge in [-0.05, 0) is 37.5 Å². The minimum atomic E-state index is -0.754. The number of carbonyl (C=O) groups excluding carboxylic acids is 1. The molecule has 1 amide bonds. The maximum atomic E-state index is 12.1. The van der Waals surface area contributed by atoms with E-state index in [1.54, 1.807) is 0 Å². The van der Waals surface area contributed by atoms with Gasteiger partial charge in [0.1, 0.15) is 0 Å². The maximum Gasteiger partial charge on any atom is 0.303 e. The molecular formula is C15H26N2O3. The first kappa shape index (κ1) is 15.3. The highest BCUT2D eigenvalue weighted by molar-refractivity contribution is 5.80. The predicted molar refractivity (Wildman–Crippen MR) is 76.3 cm³/mol. The smallest absolute Gasteiger partial charge is 0.303 e. The molecule has 3 N–H and O–H groups in total. The highest BCUT2D eigenvalue weighted by atomic mass is 16.4. The molecule has 2 aliphatic rings. The molecule has 2 aliphatic heterocycles. The number of amides is 1. The van der Waals surface area contributed by atoms with E-state index in [0.717, 1.165) is 19.3 Å². The van der Waals surface area contributed by atoms with E-state index in [2.05, 4.69) is 24.5 Å². The van der Waals surface area contributed by atoms with E-state index in [1.807, 2.05) is 0 Å². The predicted octanol–water partition coefficient (Wildman–Crippen LogP) is 1.52. The van der Waals surface area contributed by atoms with Gasteiger partial charge in [0.25, 0.3) is 0 Å². The van der Waals surface area contributed by atoms with Gasteiger partial charge >= 0.3 is 5.97 Å². The lowest BCUT2D eigenvalue weighted by Gasteiger charge is -2.25. The molecule has 0 aliphatic carbocycles. The van der Waals surface area contributed by atoms with Gasteiger partial charge in [0.15, 0.2) is 0 Å². The summed E-state index contributed by atoms with van der Waals surface area (Å²) in [5.41, 5.74) is -0.0431. The maximum absolute atomic E-state index is 12.1. The monoisotopic (exact) mass is 282 g/mol. The lowest BCUT2D eigenvalue weighted by molar-refractivity contribution is -0.137. The highest BCUT2D eigenvalue weighted by Gasteiger charge is 2.42. The van der Waals surface area contributed by atoms with Crippen LogP contribution in [-0.4, -0.2) is 35.6 Å². The number of carboxylic acid groups (broad SMARTS) is 1. The van der Waals surface area contributed by atoms with Gasteiger partial charge in [0, 0.05) is 25.0 Å². The molecule has 114 valence electrons. The Morgan fingerprint density at radius 3 is 2.60 bits per heavy atom. The van der Waals surface area contributed by atoms with Gasteiger partial charge in [-0.25, -0.2) is 0 Å². The van der Waals surface area contributed by atoms with Gasteiger partial charge in [0.2, 0.25) is 5.91 Å². The van der Waals surface area contributed by atoms with Gasteiger partial charge < -0.3 is 15.7 Å². The Hall–Kier alpha value is -1.10. The number of rotatable bonds is 7. The Bertz CT molecular complexity index is 381. The molecule has 0 aromatic heterocycles. The van der Waals surface area contributed by atoms with Crippen molar-refractivity contribution in [2.24, 2.45) is 11.3 Å². The molecule has 3 unspecified atom stereocenters. The van der Waals surface area contributed by atoms with Crippen molar-refractivity contribution in [3.63, 3.8) is 0 Å². The number of fused-ring (bicyclic) bond motifs is 2. The molecule has 2 heterocycles. The topological polar surface area (TPSA) is 78.4 Å². The summed E-state index contributed by atoms with van der Waals surface area (Å²) in [5, 5.41) is 15.2. The van der Waals surface area contributed by atoms with E-state index in [4.69, 9.17) is 5.11 Å². The summed E-state index contributed by atoms with van der Waals surface area (Å²) in [5.74, 6) is -0.454. The fraction of sp³-hybridized carbons (Fsp3) is 0.867. The van der Waals surface area contributed by atoms with E-state index >= 15 is 0 Å². The SMILES string of the molecule is CC(C)(CCNC(=O)C1CC2CCC1N2)CCC(=O)O. The quantitative estimate of drug-likeness (QED) is 0.661. The summed E-state index contributed by atoms with van der Waals surface area (Å²) >= 11 is 0. The molecule has 2 rings (SSSR count). The Morgan fingerprint density at radius 2 is 2.05 bits per heavy atom. The van der Waals surface area contributed by atoms with Crippen molar-refractivity contribution in [3.05, 3.63) is 0 Å². The third-order valence-electron chi connectivity index (χ3n) is 4.75. The number of carbonyl (C=O) groups is 2. The average Bonchev–Trinajstić information content (AvgIpc) is 2.98. The van der Waals surface area contributed by atoms with Crippen LogP contribution < -0.4 is 10.6 Å². The first-order valence-electron chi connectivity index (χ1n) is 7.63. The van der Waals surface area contributed by atoms with Crippen molar-refractivity contribution in [1.82, 2.24) is 10.6 Å². The molecule has 0 spiro atoms. The number of hydrogen-bond donors (Lipinski definition) is 3. The van der Waals surface area contributed by atoms with Crippen LogP contribution in [0.2, 0.25) is 0 Å². The molecule has 20 heavy (non-hydrogen) atoms. The van der Waals surface area contributed by atoms with E-state index < -0.39 is 5.97 Å². The molecule has 0 saturated carbocycles. The van der Waals surface area contributed by atoms with Gasteiger partial charge in [-0.2, -0.15) is 0 Å². The van der Waals surface area contributed by atoms with E-state index in [-0.39, 0.29) is 23.7 Å². The van der Waals surface area contributed by atoms with Gasteiger partial charge in [-0.15, -0.1) is 0 Å². The summed E-state index contributed by atoms with van der Waals surface area (Å²) in [4.78, 5) is 22.7. The van der Waals surface area contributed by atoms with E-state index in [0.29, 0.717) is 25.0 Å². The number of nitrogens with one attached hydrogen (secondary N) is 2. The fourth-order valence-electron chi connectivity index (χ4n) is 3.34. The Kier molecular flexibility index (Phi) is 4.68. The van der Waals surface area contributed by atoms with Crippen LogP contribution in [0, 0.1) is 11.3 Å². The molecule has 0 aromatic carbocycles. The summed E-state index contributed by atoms with van der Waals surface area (Å²) in [6.45, 7) is 4.75. The van der Waals surface area contributed by atoms with Crippen LogP contribution in [0.3, 0.4) is 0 Å². The Balaban J connectivity index is 1.67. The number of aliphatic carboxylic acids is 1. The minimum Gasteiger partial charge on any atom is -0.481 e. The normalized spacial score (nSPS) is 28.6. The van der Waals surface area contributed by atoms with Crippen LogP contribution in [0.5, 0.6) is 0 Å². The minimum absolute atomic E-state index is 0.0431. The van der Waals surface area contributed by atoms with Gasteiger partial charge in [-0.3, -0.25) is 9.59 Å². The molecule has 3 atom stereocenters. The largest absolute Gasteiger partial charge is 0.481 e. The van der Waals surface area contributed by atoms with E-state index in [1.165, 1.54) is 6.42 Å². The summed E-state index contributed by atoms with van der Waals surface area (Å²) in [7, 11) is 0. The highest BCUT2D eigenvalue weighted by Crippen LogP contribution is 2.33. The second kappa shape index (κ2) is 6.12. The average molecular weight is 282 g/mol. The molecule has 5 nitrogen and oxygen atoms in total. The second-order valence-corrected chi connectivity index (χ2v) is 6.99. The zero-order chi connectivity index (χ0) is 14.8. The fourth-order valence-corrected chi connectivity index (χ4v) is 3.34. The molecule has 2 fully saturated rings. The van der Waals surface area contributed by atoms with Crippen molar-refractivity contribution >= 4 is 11.9 Å². The van der Waals surface area contributed by atoms with Gasteiger partial charge in [0.05, 0.1) is 5.92 Å². The Morgan fingerprint density at radius 1 is 1.30 bits per heavy atom. The van der Waals surface area contributed by atoms with E-state index in [9.17, 15) is 9.59 Å². The van der Waals surface area contributed by atoms with Crippen LogP contribution >= 0.6 is 0 Å². The van der Waals surface area contributed by atoms with Crippen molar-refractivity contribution in [3.8, 4) is 0 Å². The molecule has 0 radical (unpaired) electrons. The van der Waals surface area contributed by atoms with Crippen LogP contribution in [0.25, 0.3) is 0 Å². The molecule has 5 heteroatoms. The Labute approximate surface area is 120 Å². The van der Waals surface area contributed by atoms with Crippen molar-refractivity contribution in [2.45, 2.75) is 64.5 Å². The molecule has 2 bridgehead atoms. The molecular weight excluding hydrogens is 256 g/mol. The summed E-state index contributed by atoms with van der Waals surface area (Å²) in [6, 6.07) is 0.919. The van der Waals surface area contributed by atoms with Crippen LogP contribution in [0.4, 0.5) is 0 Å². The number of hydrogen-bond acceptors (Lipinski definition) is 3. The second-order valence-electron chi connectivity index (χ2n) is 6.99. The standard InChI is InChI=1S/C15H26N2O3/c1-15(2,6-5-13(18)19)7-8-16-14(20)11-9-10-3-4-12(11)17-10/h10-12,17H,3-9H2,1-2H3,(H,16,20)(H,18,19). The third kappa shape index (κ3) is 3.95. The first-order chi connectivity index (χ1) is 9.37. The first-order valence-corrected chi connectivity index (χ1v) is 7.63. The van der Waals surface area contributed by atoms with Crippen LogP contribution in [-0.2, 0) is 9.59 Å². The zero-order valence-electron chi connectivity index (χ0n) is 12.4. The van der Waals surface area contributed by atoms with Crippen LogP contribution in [0.1, 0.15) is 52.4 Å². The number of carboxylic acids is 1. The van der Waals surface area contributed by atoms with Crippen molar-refractivity contribution in [2.75, 3.05) is 6.54 Å². The van der Waals surface area contributed by atoms with Crippen molar-refractivity contribution < 1.29 is 14.7 Å². The summed E-state index contributed by atoms with van der Waals surface area (Å²) in [6.07, 6.45) is 4.95. The lowest BCUT2D eigenvalue weighted by Crippen LogP contribution is -2.38. The van der Waals surface area contributed by atoms with Gasteiger partial charge in [-0.1, -0.05) is 13.8 Å². The molecule has 2 saturated heterocycles. The lowest BCUT2D eigenvalue weighted by atomic mass is 9.84.